The molecule has 3 rings (SSSR count). The topological polar surface area (TPSA) is 118 Å². The highest BCUT2D eigenvalue weighted by molar-refractivity contribution is 7.92. The van der Waals surface area contributed by atoms with Crippen LogP contribution in [0.15, 0.2) is 42.1 Å². The molecule has 108 valence electrons. The zero-order valence-electron chi connectivity index (χ0n) is 10.3. The molecule has 0 unspecified atom stereocenters. The Morgan fingerprint density at radius 3 is 2.86 bits per heavy atom. The van der Waals surface area contributed by atoms with Crippen LogP contribution in [0.3, 0.4) is 0 Å². The van der Waals surface area contributed by atoms with E-state index in [0.29, 0.717) is 5.69 Å². The smallest absolute Gasteiger partial charge is 0.279 e. The lowest BCUT2D eigenvalue weighted by atomic mass is 10.3. The van der Waals surface area contributed by atoms with E-state index in [-0.39, 0.29) is 15.7 Å². The molecule has 1 aromatic carbocycles. The Morgan fingerprint density at radius 1 is 1.33 bits per heavy atom. The van der Waals surface area contributed by atoms with E-state index >= 15 is 0 Å². The number of hydrogen-bond donors (Lipinski definition) is 2. The molecule has 0 aliphatic carbocycles. The van der Waals surface area contributed by atoms with E-state index in [1.165, 1.54) is 29.6 Å². The predicted octanol–water partition coefficient (Wildman–Crippen LogP) is 0.840. The van der Waals surface area contributed by atoms with E-state index in [2.05, 4.69) is 30.2 Å². The Kier molecular flexibility index (Phi) is 3.31. The summed E-state index contributed by atoms with van der Waals surface area (Å²) in [5, 5.41) is 10.9. The number of nitrogens with one attached hydrogen (secondary N) is 2. The molecule has 0 saturated carbocycles. The quantitative estimate of drug-likeness (QED) is 0.733. The summed E-state index contributed by atoms with van der Waals surface area (Å²) in [6, 6.07) is 4.72. The number of tetrazole rings is 1. The number of anilines is 1. The number of aromatic nitrogens is 6. The van der Waals surface area contributed by atoms with Gasteiger partial charge in [-0.2, -0.15) is 8.42 Å². The minimum atomic E-state index is -3.79. The van der Waals surface area contributed by atoms with E-state index in [9.17, 15) is 8.42 Å². The second-order valence-electron chi connectivity index (χ2n) is 3.94. The molecule has 0 aliphatic rings. The summed E-state index contributed by atoms with van der Waals surface area (Å²) < 4.78 is 28.0. The number of H-pyrrole nitrogens is 1. The van der Waals surface area contributed by atoms with Crippen LogP contribution < -0.4 is 4.72 Å². The van der Waals surface area contributed by atoms with Gasteiger partial charge in [0.2, 0.25) is 0 Å². The SMILES string of the molecule is O=S(=O)(Nc1cc(-n2cnnn2)ccc1Cl)c1cnc[nH]1. The minimum absolute atomic E-state index is 0.0635. The highest BCUT2D eigenvalue weighted by Crippen LogP contribution is 2.26. The summed E-state index contributed by atoms with van der Waals surface area (Å²) in [7, 11) is -3.79. The third-order valence-corrected chi connectivity index (χ3v) is 4.19. The van der Waals surface area contributed by atoms with E-state index in [1.54, 1.807) is 12.1 Å². The Labute approximate surface area is 124 Å². The third kappa shape index (κ3) is 2.71. The zero-order chi connectivity index (χ0) is 14.9. The van der Waals surface area contributed by atoms with Gasteiger partial charge in [0.15, 0.2) is 5.03 Å². The van der Waals surface area contributed by atoms with Gasteiger partial charge in [-0.3, -0.25) is 4.72 Å². The number of imidazole rings is 1. The van der Waals surface area contributed by atoms with E-state index in [1.807, 2.05) is 0 Å². The van der Waals surface area contributed by atoms with Crippen molar-refractivity contribution in [1.82, 2.24) is 30.2 Å². The first-order chi connectivity index (χ1) is 10.1. The normalized spacial score (nSPS) is 11.5. The molecule has 0 spiro atoms. The summed E-state index contributed by atoms with van der Waals surface area (Å²) in [5.74, 6) is 0. The first-order valence-electron chi connectivity index (χ1n) is 5.60. The second-order valence-corrected chi connectivity index (χ2v) is 6.00. The number of benzene rings is 1. The predicted molar refractivity (Wildman–Crippen MR) is 73.6 cm³/mol. The van der Waals surface area contributed by atoms with Crippen molar-refractivity contribution < 1.29 is 8.42 Å². The van der Waals surface area contributed by atoms with Crippen LogP contribution in [0.5, 0.6) is 0 Å². The summed E-state index contributed by atoms with van der Waals surface area (Å²) in [5.41, 5.74) is 0.769. The Bertz CT molecular complexity index is 846. The standard InChI is InChI=1S/C10H8ClN7O2S/c11-8-2-1-7(18-6-14-16-17-18)3-9(8)15-21(19,20)10-4-12-5-13-10/h1-6,15H,(H,12,13). The van der Waals surface area contributed by atoms with Gasteiger partial charge in [0.1, 0.15) is 6.33 Å². The van der Waals surface area contributed by atoms with Crippen molar-refractivity contribution in [3.63, 3.8) is 0 Å². The molecule has 0 bridgehead atoms. The van der Waals surface area contributed by atoms with Gasteiger partial charge < -0.3 is 4.98 Å². The number of sulfonamides is 1. The van der Waals surface area contributed by atoms with Gasteiger partial charge in [0.05, 0.1) is 28.9 Å². The van der Waals surface area contributed by atoms with Gasteiger partial charge in [-0.1, -0.05) is 11.6 Å². The highest BCUT2D eigenvalue weighted by atomic mass is 35.5. The molecule has 0 saturated heterocycles. The molecule has 2 N–H and O–H groups in total. The molecular weight excluding hydrogens is 318 g/mol. The van der Waals surface area contributed by atoms with E-state index in [4.69, 9.17) is 11.6 Å². The summed E-state index contributed by atoms with van der Waals surface area (Å²) in [6.07, 6.45) is 3.85. The maximum Gasteiger partial charge on any atom is 0.279 e. The van der Waals surface area contributed by atoms with Gasteiger partial charge in [-0.25, -0.2) is 9.67 Å². The van der Waals surface area contributed by atoms with Crippen molar-refractivity contribution in [3.8, 4) is 5.69 Å². The number of halogens is 1. The molecule has 9 nitrogen and oxygen atoms in total. The largest absolute Gasteiger partial charge is 0.334 e. The van der Waals surface area contributed by atoms with Crippen LogP contribution in [0.4, 0.5) is 5.69 Å². The lowest BCUT2D eigenvalue weighted by molar-refractivity contribution is 0.598. The van der Waals surface area contributed by atoms with Gasteiger partial charge in [0.25, 0.3) is 10.0 Å². The Morgan fingerprint density at radius 2 is 2.19 bits per heavy atom. The van der Waals surface area contributed by atoms with Crippen LogP contribution >= 0.6 is 11.6 Å². The molecule has 2 heterocycles. The first-order valence-corrected chi connectivity index (χ1v) is 7.46. The van der Waals surface area contributed by atoms with Crippen molar-refractivity contribution in [2.24, 2.45) is 0 Å². The van der Waals surface area contributed by atoms with Crippen molar-refractivity contribution in [1.29, 1.82) is 0 Å². The molecule has 0 aliphatic heterocycles. The molecule has 2 aromatic heterocycles. The van der Waals surface area contributed by atoms with Crippen molar-refractivity contribution in [2.75, 3.05) is 4.72 Å². The molecule has 0 radical (unpaired) electrons. The van der Waals surface area contributed by atoms with Crippen molar-refractivity contribution in [3.05, 3.63) is 42.1 Å². The average molecular weight is 326 g/mol. The third-order valence-electron chi connectivity index (χ3n) is 2.57. The fourth-order valence-electron chi connectivity index (χ4n) is 1.60. The molecular formula is C10H8ClN7O2S. The molecule has 0 atom stereocenters. The van der Waals surface area contributed by atoms with Gasteiger partial charge in [-0.15, -0.1) is 5.10 Å². The number of nitrogens with zero attached hydrogens (tertiary/aromatic N) is 5. The lowest BCUT2D eigenvalue weighted by Crippen LogP contribution is -2.14. The fraction of sp³-hybridized carbons (Fsp3) is 0. The van der Waals surface area contributed by atoms with Crippen LogP contribution in [0.2, 0.25) is 5.02 Å². The number of hydrogen-bond acceptors (Lipinski definition) is 6. The number of aromatic amines is 1. The van der Waals surface area contributed by atoms with E-state index < -0.39 is 10.0 Å². The van der Waals surface area contributed by atoms with Crippen LogP contribution in [0.1, 0.15) is 0 Å². The van der Waals surface area contributed by atoms with E-state index in [0.717, 1.165) is 0 Å². The van der Waals surface area contributed by atoms with Crippen molar-refractivity contribution >= 4 is 27.3 Å². The Hall–Kier alpha value is -2.46. The summed E-state index contributed by atoms with van der Waals surface area (Å²) in [4.78, 5) is 6.19. The first kappa shape index (κ1) is 13.5. The molecule has 0 amide bonds. The lowest BCUT2D eigenvalue weighted by Gasteiger charge is -2.09. The van der Waals surface area contributed by atoms with Gasteiger partial charge in [-0.05, 0) is 28.6 Å². The van der Waals surface area contributed by atoms with Gasteiger partial charge in [0, 0.05) is 0 Å². The van der Waals surface area contributed by atoms with Gasteiger partial charge >= 0.3 is 0 Å². The monoisotopic (exact) mass is 325 g/mol. The van der Waals surface area contributed by atoms with Crippen molar-refractivity contribution in [2.45, 2.75) is 5.03 Å². The minimum Gasteiger partial charge on any atom is -0.334 e. The number of rotatable bonds is 4. The Balaban J connectivity index is 1.97. The summed E-state index contributed by atoms with van der Waals surface area (Å²) >= 11 is 6.01. The molecule has 21 heavy (non-hydrogen) atoms. The maximum atomic E-state index is 12.1. The summed E-state index contributed by atoms with van der Waals surface area (Å²) in [6.45, 7) is 0. The fourth-order valence-corrected chi connectivity index (χ4v) is 2.80. The molecule has 11 heteroatoms. The second kappa shape index (κ2) is 5.14. The zero-order valence-corrected chi connectivity index (χ0v) is 11.9. The molecule has 0 fully saturated rings. The average Bonchev–Trinajstić information content (AvgIpc) is 3.14. The van der Waals surface area contributed by atoms with Crippen LogP contribution in [0.25, 0.3) is 5.69 Å². The van der Waals surface area contributed by atoms with Crippen LogP contribution in [0, 0.1) is 0 Å². The molecule has 3 aromatic rings. The maximum absolute atomic E-state index is 12.1. The van der Waals surface area contributed by atoms with Crippen LogP contribution in [-0.4, -0.2) is 38.6 Å². The highest BCUT2D eigenvalue weighted by Gasteiger charge is 2.17. The van der Waals surface area contributed by atoms with Crippen LogP contribution in [-0.2, 0) is 10.0 Å².